The van der Waals surface area contributed by atoms with Crippen LogP contribution in [0, 0.1) is 5.92 Å². The second-order valence-electron chi connectivity index (χ2n) is 4.06. The first-order valence-corrected chi connectivity index (χ1v) is 5.62. The molecule has 1 aliphatic rings. The summed E-state index contributed by atoms with van der Waals surface area (Å²) in [5.41, 5.74) is 0.0940. The Hall–Kier alpha value is -1.69. The van der Waals surface area contributed by atoms with Gasteiger partial charge in [-0.15, -0.1) is 0 Å². The topological polar surface area (TPSA) is 84.3 Å². The summed E-state index contributed by atoms with van der Waals surface area (Å²) >= 11 is 0. The first kappa shape index (κ1) is 11.8. The lowest BCUT2D eigenvalue weighted by Gasteiger charge is -2.22. The van der Waals surface area contributed by atoms with Crippen LogP contribution in [-0.2, 0) is 4.74 Å². The first-order chi connectivity index (χ1) is 8.25. The number of rotatable bonds is 4. The van der Waals surface area contributed by atoms with E-state index in [0.717, 1.165) is 32.6 Å². The highest BCUT2D eigenvalue weighted by Crippen LogP contribution is 2.13. The van der Waals surface area contributed by atoms with E-state index in [9.17, 15) is 4.79 Å². The Labute approximate surface area is 99.0 Å². The Kier molecular flexibility index (Phi) is 3.87. The largest absolute Gasteiger partial charge is 0.478 e. The van der Waals surface area contributed by atoms with E-state index in [1.807, 2.05) is 0 Å². The highest BCUT2D eigenvalue weighted by atomic mass is 16.5. The summed E-state index contributed by atoms with van der Waals surface area (Å²) in [7, 11) is 0. The molecule has 1 atom stereocenters. The van der Waals surface area contributed by atoms with E-state index in [2.05, 4.69) is 15.3 Å². The number of anilines is 1. The molecule has 0 spiro atoms. The van der Waals surface area contributed by atoms with Gasteiger partial charge in [-0.3, -0.25) is 0 Å². The lowest BCUT2D eigenvalue weighted by atomic mass is 10.0. The van der Waals surface area contributed by atoms with E-state index >= 15 is 0 Å². The molecule has 2 N–H and O–H groups in total. The van der Waals surface area contributed by atoms with Crippen molar-refractivity contribution in [2.24, 2.45) is 5.92 Å². The van der Waals surface area contributed by atoms with Crippen LogP contribution < -0.4 is 5.32 Å². The van der Waals surface area contributed by atoms with Crippen molar-refractivity contribution in [3.8, 4) is 0 Å². The number of carboxylic acid groups (broad SMARTS) is 1. The third kappa shape index (κ3) is 3.39. The summed E-state index contributed by atoms with van der Waals surface area (Å²) in [4.78, 5) is 18.5. The Bertz CT molecular complexity index is 374. The monoisotopic (exact) mass is 237 g/mol. The summed E-state index contributed by atoms with van der Waals surface area (Å²) in [6.45, 7) is 2.37. The van der Waals surface area contributed by atoms with Crippen molar-refractivity contribution in [1.82, 2.24) is 9.97 Å². The van der Waals surface area contributed by atoms with Gasteiger partial charge in [0.25, 0.3) is 0 Å². The van der Waals surface area contributed by atoms with Crippen molar-refractivity contribution in [2.45, 2.75) is 12.8 Å². The summed E-state index contributed by atoms with van der Waals surface area (Å²) in [5, 5.41) is 11.8. The maximum atomic E-state index is 10.6. The zero-order chi connectivity index (χ0) is 12.1. The van der Waals surface area contributed by atoms with Crippen LogP contribution in [0.5, 0.6) is 0 Å². The third-order valence-corrected chi connectivity index (χ3v) is 2.70. The van der Waals surface area contributed by atoms with E-state index < -0.39 is 5.97 Å². The van der Waals surface area contributed by atoms with E-state index in [1.165, 1.54) is 12.4 Å². The molecule has 0 saturated carbocycles. The number of carboxylic acids is 1. The van der Waals surface area contributed by atoms with Gasteiger partial charge in [-0.1, -0.05) is 0 Å². The Morgan fingerprint density at radius 1 is 1.53 bits per heavy atom. The highest BCUT2D eigenvalue weighted by molar-refractivity contribution is 5.86. The zero-order valence-electron chi connectivity index (χ0n) is 9.43. The zero-order valence-corrected chi connectivity index (χ0v) is 9.43. The number of aromatic nitrogens is 2. The van der Waals surface area contributed by atoms with Crippen LogP contribution in [0.25, 0.3) is 0 Å². The van der Waals surface area contributed by atoms with Gasteiger partial charge in [0.2, 0.25) is 5.95 Å². The maximum absolute atomic E-state index is 10.6. The van der Waals surface area contributed by atoms with Crippen molar-refractivity contribution in [1.29, 1.82) is 0 Å². The lowest BCUT2D eigenvalue weighted by molar-refractivity contribution is 0.0594. The molecule has 1 fully saturated rings. The molecule has 17 heavy (non-hydrogen) atoms. The fraction of sp³-hybridized carbons (Fsp3) is 0.545. The fourth-order valence-corrected chi connectivity index (χ4v) is 1.73. The Morgan fingerprint density at radius 2 is 2.29 bits per heavy atom. The molecule has 0 aliphatic carbocycles. The SMILES string of the molecule is O=C(O)c1cnc(NCC2CCCOC2)nc1. The number of aromatic carboxylic acids is 1. The van der Waals surface area contributed by atoms with Crippen LogP contribution in [0.4, 0.5) is 5.95 Å². The van der Waals surface area contributed by atoms with Gasteiger partial charge in [0, 0.05) is 25.5 Å². The van der Waals surface area contributed by atoms with Gasteiger partial charge in [0.15, 0.2) is 0 Å². The molecular weight excluding hydrogens is 222 g/mol. The molecule has 2 rings (SSSR count). The number of hydrogen-bond acceptors (Lipinski definition) is 5. The average molecular weight is 237 g/mol. The van der Waals surface area contributed by atoms with Crippen LogP contribution in [0.1, 0.15) is 23.2 Å². The maximum Gasteiger partial charge on any atom is 0.338 e. The summed E-state index contributed by atoms with van der Waals surface area (Å²) in [5.74, 6) is -0.0793. The minimum absolute atomic E-state index is 0.0940. The summed E-state index contributed by atoms with van der Waals surface area (Å²) in [6, 6.07) is 0. The molecule has 0 aromatic carbocycles. The number of nitrogens with one attached hydrogen (secondary N) is 1. The molecular formula is C11H15N3O3. The second kappa shape index (κ2) is 5.58. The molecule has 2 heterocycles. The number of hydrogen-bond donors (Lipinski definition) is 2. The van der Waals surface area contributed by atoms with Crippen LogP contribution in [0.2, 0.25) is 0 Å². The minimum Gasteiger partial charge on any atom is -0.478 e. The molecule has 92 valence electrons. The van der Waals surface area contributed by atoms with Crippen molar-refractivity contribution in [3.63, 3.8) is 0 Å². The molecule has 1 aromatic heterocycles. The van der Waals surface area contributed by atoms with E-state index in [1.54, 1.807) is 0 Å². The number of ether oxygens (including phenoxy) is 1. The van der Waals surface area contributed by atoms with E-state index in [-0.39, 0.29) is 5.56 Å². The summed E-state index contributed by atoms with van der Waals surface area (Å²) < 4.78 is 5.36. The third-order valence-electron chi connectivity index (χ3n) is 2.70. The minimum atomic E-state index is -1.02. The molecule has 0 radical (unpaired) electrons. The molecule has 6 heteroatoms. The molecule has 0 bridgehead atoms. The van der Waals surface area contributed by atoms with Crippen LogP contribution >= 0.6 is 0 Å². The van der Waals surface area contributed by atoms with Crippen molar-refractivity contribution in [3.05, 3.63) is 18.0 Å². The van der Waals surface area contributed by atoms with Gasteiger partial charge in [-0.2, -0.15) is 0 Å². The first-order valence-electron chi connectivity index (χ1n) is 5.62. The van der Waals surface area contributed by atoms with Crippen molar-refractivity contribution >= 4 is 11.9 Å². The fourth-order valence-electron chi connectivity index (χ4n) is 1.73. The molecule has 1 unspecified atom stereocenters. The van der Waals surface area contributed by atoms with Gasteiger partial charge in [0.1, 0.15) is 0 Å². The van der Waals surface area contributed by atoms with Crippen LogP contribution in [-0.4, -0.2) is 40.8 Å². The predicted molar refractivity (Wildman–Crippen MR) is 61.0 cm³/mol. The van der Waals surface area contributed by atoms with Gasteiger partial charge >= 0.3 is 5.97 Å². The normalized spacial score (nSPS) is 19.9. The smallest absolute Gasteiger partial charge is 0.338 e. The molecule has 1 aromatic rings. The van der Waals surface area contributed by atoms with Gasteiger partial charge in [-0.05, 0) is 18.8 Å². The Balaban J connectivity index is 1.84. The highest BCUT2D eigenvalue weighted by Gasteiger charge is 2.13. The molecule has 1 saturated heterocycles. The molecule has 0 amide bonds. The molecule has 1 aliphatic heterocycles. The number of carbonyl (C=O) groups is 1. The quantitative estimate of drug-likeness (QED) is 0.813. The summed E-state index contributed by atoms with van der Waals surface area (Å²) in [6.07, 6.45) is 4.83. The Morgan fingerprint density at radius 3 is 2.88 bits per heavy atom. The molecule has 6 nitrogen and oxygen atoms in total. The standard InChI is InChI=1S/C11H15N3O3/c15-10(16)9-5-13-11(14-6-9)12-4-8-2-1-3-17-7-8/h5-6,8H,1-4,7H2,(H,15,16)(H,12,13,14). The van der Waals surface area contributed by atoms with Crippen LogP contribution in [0.15, 0.2) is 12.4 Å². The second-order valence-corrected chi connectivity index (χ2v) is 4.06. The van der Waals surface area contributed by atoms with Gasteiger partial charge < -0.3 is 15.2 Å². The average Bonchev–Trinajstić information content (AvgIpc) is 2.38. The van der Waals surface area contributed by atoms with E-state index in [0.29, 0.717) is 11.9 Å². The van der Waals surface area contributed by atoms with Crippen molar-refractivity contribution < 1.29 is 14.6 Å². The van der Waals surface area contributed by atoms with Crippen molar-refractivity contribution in [2.75, 3.05) is 25.1 Å². The van der Waals surface area contributed by atoms with Crippen LogP contribution in [0.3, 0.4) is 0 Å². The number of nitrogens with zero attached hydrogens (tertiary/aromatic N) is 2. The van der Waals surface area contributed by atoms with Gasteiger partial charge in [-0.25, -0.2) is 14.8 Å². The van der Waals surface area contributed by atoms with E-state index in [4.69, 9.17) is 9.84 Å². The predicted octanol–water partition coefficient (Wildman–Crippen LogP) is 1.01. The van der Waals surface area contributed by atoms with Gasteiger partial charge in [0.05, 0.1) is 12.2 Å². The lowest BCUT2D eigenvalue weighted by Crippen LogP contribution is -2.24.